The Morgan fingerprint density at radius 2 is 1.88 bits per heavy atom. The minimum atomic E-state index is -0.164. The molecule has 0 spiro atoms. The van der Waals surface area contributed by atoms with Gasteiger partial charge < -0.3 is 5.32 Å². The highest BCUT2D eigenvalue weighted by Crippen LogP contribution is 2.21. The van der Waals surface area contributed by atoms with Crippen molar-refractivity contribution in [1.82, 2.24) is 5.32 Å². The number of carbonyl (C=O) groups excluding carboxylic acids is 1. The monoisotopic (exact) mass is 259 g/mol. The first kappa shape index (κ1) is 13.3. The van der Waals surface area contributed by atoms with Gasteiger partial charge in [0.15, 0.2) is 0 Å². The van der Waals surface area contributed by atoms with E-state index in [2.05, 4.69) is 19.2 Å². The minimum Gasteiger partial charge on any atom is -0.349 e. The summed E-state index contributed by atoms with van der Waals surface area (Å²) in [7, 11) is 0. The Balaban J connectivity index is 2.81. The van der Waals surface area contributed by atoms with Crippen LogP contribution in [0.2, 0.25) is 10.0 Å². The molecule has 0 saturated carbocycles. The molecule has 1 amide bonds. The maximum absolute atomic E-state index is 11.9. The van der Waals surface area contributed by atoms with Crippen molar-refractivity contribution < 1.29 is 4.79 Å². The van der Waals surface area contributed by atoms with Crippen molar-refractivity contribution in [3.63, 3.8) is 0 Å². The van der Waals surface area contributed by atoms with Gasteiger partial charge in [-0.3, -0.25) is 4.79 Å². The van der Waals surface area contributed by atoms with E-state index in [9.17, 15) is 4.79 Å². The van der Waals surface area contributed by atoms with Crippen molar-refractivity contribution in [2.45, 2.75) is 26.8 Å². The topological polar surface area (TPSA) is 29.1 Å². The molecule has 1 N–H and O–H groups in total. The molecule has 2 nitrogen and oxygen atoms in total. The van der Waals surface area contributed by atoms with Crippen LogP contribution in [0, 0.1) is 5.92 Å². The zero-order valence-corrected chi connectivity index (χ0v) is 11.1. The van der Waals surface area contributed by atoms with Crippen molar-refractivity contribution in [2.75, 3.05) is 0 Å². The third kappa shape index (κ3) is 3.39. The van der Waals surface area contributed by atoms with Crippen molar-refractivity contribution in [1.29, 1.82) is 0 Å². The van der Waals surface area contributed by atoms with E-state index in [0.717, 1.165) is 0 Å². The molecule has 1 aromatic rings. The number of halogens is 2. The summed E-state index contributed by atoms with van der Waals surface area (Å²) in [5, 5.41) is 3.79. The van der Waals surface area contributed by atoms with Crippen LogP contribution >= 0.6 is 23.2 Å². The summed E-state index contributed by atoms with van der Waals surface area (Å²) >= 11 is 11.7. The molecule has 0 fully saturated rings. The SMILES string of the molecule is CC(C)[C@H](C)NC(=O)c1ccc(Cl)cc1Cl. The molecule has 4 heteroatoms. The predicted molar refractivity (Wildman–Crippen MR) is 68.2 cm³/mol. The molecule has 1 aromatic carbocycles. The Bertz CT molecular complexity index is 391. The summed E-state index contributed by atoms with van der Waals surface area (Å²) in [6.07, 6.45) is 0. The minimum absolute atomic E-state index is 0.110. The number of amides is 1. The average Bonchev–Trinajstić information content (AvgIpc) is 2.16. The van der Waals surface area contributed by atoms with Crippen molar-refractivity contribution in [3.8, 4) is 0 Å². The summed E-state index contributed by atoms with van der Waals surface area (Å²) in [5.74, 6) is 0.220. The van der Waals surface area contributed by atoms with Crippen LogP contribution in [0.5, 0.6) is 0 Å². The van der Waals surface area contributed by atoms with Gasteiger partial charge in [-0.2, -0.15) is 0 Å². The van der Waals surface area contributed by atoms with Crippen LogP contribution in [-0.4, -0.2) is 11.9 Å². The summed E-state index contributed by atoms with van der Waals surface area (Å²) in [6.45, 7) is 6.06. The van der Waals surface area contributed by atoms with Crippen LogP contribution in [0.1, 0.15) is 31.1 Å². The van der Waals surface area contributed by atoms with Crippen molar-refractivity contribution in [3.05, 3.63) is 33.8 Å². The second kappa shape index (κ2) is 5.55. The van der Waals surface area contributed by atoms with Gasteiger partial charge in [0.1, 0.15) is 0 Å². The largest absolute Gasteiger partial charge is 0.349 e. The Kier molecular flexibility index (Phi) is 4.63. The van der Waals surface area contributed by atoms with Crippen LogP contribution in [0.3, 0.4) is 0 Å². The summed E-state index contributed by atoms with van der Waals surface area (Å²) in [6, 6.07) is 4.97. The van der Waals surface area contributed by atoms with E-state index in [-0.39, 0.29) is 11.9 Å². The van der Waals surface area contributed by atoms with Crippen LogP contribution in [0.4, 0.5) is 0 Å². The Hall–Kier alpha value is -0.730. The van der Waals surface area contributed by atoms with Gasteiger partial charge in [-0.1, -0.05) is 37.0 Å². The highest BCUT2D eigenvalue weighted by Gasteiger charge is 2.14. The maximum Gasteiger partial charge on any atom is 0.253 e. The van der Waals surface area contributed by atoms with E-state index < -0.39 is 0 Å². The highest BCUT2D eigenvalue weighted by molar-refractivity contribution is 6.36. The van der Waals surface area contributed by atoms with Crippen LogP contribution < -0.4 is 5.32 Å². The van der Waals surface area contributed by atoms with Gasteiger partial charge in [0.25, 0.3) is 5.91 Å². The molecule has 1 rings (SSSR count). The fourth-order valence-corrected chi connectivity index (χ4v) is 1.62. The molecule has 0 aliphatic rings. The molecule has 0 aliphatic heterocycles. The summed E-state index contributed by atoms with van der Waals surface area (Å²) < 4.78 is 0. The summed E-state index contributed by atoms with van der Waals surface area (Å²) in [4.78, 5) is 11.9. The number of carbonyl (C=O) groups is 1. The lowest BCUT2D eigenvalue weighted by Gasteiger charge is -2.17. The zero-order chi connectivity index (χ0) is 12.3. The van der Waals surface area contributed by atoms with Gasteiger partial charge in [-0.05, 0) is 31.0 Å². The van der Waals surface area contributed by atoms with Gasteiger partial charge in [-0.15, -0.1) is 0 Å². The van der Waals surface area contributed by atoms with Crippen molar-refractivity contribution in [2.24, 2.45) is 5.92 Å². The first-order valence-corrected chi connectivity index (χ1v) is 5.93. The molecule has 0 radical (unpaired) electrons. The maximum atomic E-state index is 11.9. The van der Waals surface area contributed by atoms with Gasteiger partial charge in [0.2, 0.25) is 0 Å². The normalized spacial score (nSPS) is 12.6. The lowest BCUT2D eigenvalue weighted by molar-refractivity contribution is 0.0930. The molecule has 88 valence electrons. The van der Waals surface area contributed by atoms with Gasteiger partial charge in [0.05, 0.1) is 10.6 Å². The van der Waals surface area contributed by atoms with E-state index >= 15 is 0 Å². The third-order valence-electron chi connectivity index (χ3n) is 2.53. The summed E-state index contributed by atoms with van der Waals surface area (Å²) in [5.41, 5.74) is 0.457. The first-order valence-electron chi connectivity index (χ1n) is 5.17. The Morgan fingerprint density at radius 1 is 1.25 bits per heavy atom. The molecule has 0 saturated heterocycles. The number of rotatable bonds is 3. The third-order valence-corrected chi connectivity index (χ3v) is 3.08. The Morgan fingerprint density at radius 3 is 2.38 bits per heavy atom. The van der Waals surface area contributed by atoms with Crippen LogP contribution in [0.15, 0.2) is 18.2 Å². The molecule has 0 aliphatic carbocycles. The second-order valence-corrected chi connectivity index (χ2v) is 4.97. The fraction of sp³-hybridized carbons (Fsp3) is 0.417. The second-order valence-electron chi connectivity index (χ2n) is 4.13. The molecule has 0 aromatic heterocycles. The van der Waals surface area contributed by atoms with Crippen LogP contribution in [-0.2, 0) is 0 Å². The Labute approximate surface area is 106 Å². The zero-order valence-electron chi connectivity index (χ0n) is 9.55. The lowest BCUT2D eigenvalue weighted by Crippen LogP contribution is -2.36. The molecule has 1 atom stereocenters. The molecular weight excluding hydrogens is 245 g/mol. The average molecular weight is 260 g/mol. The van der Waals surface area contributed by atoms with Crippen molar-refractivity contribution >= 4 is 29.1 Å². The molecule has 0 heterocycles. The highest BCUT2D eigenvalue weighted by atomic mass is 35.5. The van der Waals surface area contributed by atoms with Gasteiger partial charge in [0, 0.05) is 11.1 Å². The molecule has 0 unspecified atom stereocenters. The lowest BCUT2D eigenvalue weighted by atomic mass is 10.1. The first-order chi connectivity index (χ1) is 7.41. The number of nitrogens with one attached hydrogen (secondary N) is 1. The van der Waals surface area contributed by atoms with E-state index in [1.165, 1.54) is 0 Å². The molecular formula is C12H15Cl2NO. The van der Waals surface area contributed by atoms with E-state index in [4.69, 9.17) is 23.2 Å². The smallest absolute Gasteiger partial charge is 0.253 e. The molecule has 0 bridgehead atoms. The number of hydrogen-bond donors (Lipinski definition) is 1. The number of hydrogen-bond acceptors (Lipinski definition) is 1. The van der Waals surface area contributed by atoms with E-state index in [1.807, 2.05) is 6.92 Å². The fourth-order valence-electron chi connectivity index (χ4n) is 1.12. The number of benzene rings is 1. The van der Waals surface area contributed by atoms with Gasteiger partial charge in [-0.25, -0.2) is 0 Å². The van der Waals surface area contributed by atoms with Gasteiger partial charge >= 0.3 is 0 Å². The predicted octanol–water partition coefficient (Wildman–Crippen LogP) is 3.77. The van der Waals surface area contributed by atoms with E-state index in [1.54, 1.807) is 18.2 Å². The standard InChI is InChI=1S/C12H15Cl2NO/c1-7(2)8(3)15-12(16)10-5-4-9(13)6-11(10)14/h4-8H,1-3H3,(H,15,16)/t8-/m0/s1. The van der Waals surface area contributed by atoms with Crippen LogP contribution in [0.25, 0.3) is 0 Å². The quantitative estimate of drug-likeness (QED) is 0.880. The molecule has 16 heavy (non-hydrogen) atoms. The van der Waals surface area contributed by atoms with E-state index in [0.29, 0.717) is 21.5 Å².